The number of benzene rings is 6. The van der Waals surface area contributed by atoms with Crippen LogP contribution in [0.25, 0.3) is 0 Å². The van der Waals surface area contributed by atoms with Crippen molar-refractivity contribution in [1.29, 1.82) is 0 Å². The van der Waals surface area contributed by atoms with E-state index in [0.717, 1.165) is 102 Å². The Hall–Kier alpha value is -5.88. The van der Waals surface area contributed by atoms with Crippen molar-refractivity contribution < 1.29 is 8.78 Å². The van der Waals surface area contributed by atoms with Crippen molar-refractivity contribution in [2.75, 3.05) is 19.6 Å². The smallest absolute Gasteiger partial charge is 0.166 e. The van der Waals surface area contributed by atoms with Crippen molar-refractivity contribution in [2.45, 2.75) is 55.4 Å². The topological polar surface area (TPSA) is 13.0 Å². The normalized spacial score (nSPS) is 15.1. The van der Waals surface area contributed by atoms with Crippen molar-refractivity contribution >= 4 is 45.5 Å². The highest BCUT2D eigenvalue weighted by Crippen LogP contribution is 2.58. The Morgan fingerprint density at radius 1 is 0.308 bits per heavy atom. The minimum Gasteiger partial charge on any atom is -0.291 e. The van der Waals surface area contributed by atoms with E-state index in [1.807, 2.05) is 12.1 Å². The molecule has 260 valence electrons. The first kappa shape index (κ1) is 33.3. The molecule has 6 heteroatoms. The molecule has 52 heavy (non-hydrogen) atoms. The third kappa shape index (κ3) is 5.59. The Morgan fingerprint density at radius 3 is 1.10 bits per heavy atom. The summed E-state index contributed by atoms with van der Waals surface area (Å²) >= 11 is 0. The molecule has 0 unspecified atom stereocenters. The van der Waals surface area contributed by atoms with Crippen molar-refractivity contribution in [3.05, 3.63) is 177 Å². The van der Waals surface area contributed by atoms with Crippen molar-refractivity contribution in [2.24, 2.45) is 0 Å². The number of anilines is 8. The van der Waals surface area contributed by atoms with Crippen LogP contribution in [-0.2, 0) is 0 Å². The summed E-state index contributed by atoms with van der Waals surface area (Å²) in [7, 11) is 0. The Kier molecular flexibility index (Phi) is 7.94. The van der Waals surface area contributed by atoms with Gasteiger partial charge in [0.2, 0.25) is 0 Å². The molecule has 8 rings (SSSR count). The van der Waals surface area contributed by atoms with Gasteiger partial charge >= 0.3 is 0 Å². The first-order valence-electron chi connectivity index (χ1n) is 17.7. The maximum atomic E-state index is 15.6. The summed E-state index contributed by atoms with van der Waals surface area (Å²) in [5, 5.41) is 0. The molecule has 0 saturated heterocycles. The molecule has 0 aliphatic carbocycles. The second kappa shape index (κ2) is 12.4. The molecule has 0 aromatic heterocycles. The predicted molar refractivity (Wildman–Crippen MR) is 212 cm³/mol. The zero-order valence-corrected chi connectivity index (χ0v) is 30.9. The largest absolute Gasteiger partial charge is 0.291 e. The lowest BCUT2D eigenvalue weighted by Gasteiger charge is -2.35. The van der Waals surface area contributed by atoms with Gasteiger partial charge in [0, 0.05) is 29.2 Å². The van der Waals surface area contributed by atoms with Gasteiger partial charge in [-0.1, -0.05) is 30.3 Å². The van der Waals surface area contributed by atoms with Gasteiger partial charge < -0.3 is 0 Å². The van der Waals surface area contributed by atoms with Gasteiger partial charge in [0.15, 0.2) is 11.6 Å². The van der Waals surface area contributed by atoms with E-state index in [-0.39, 0.29) is 11.6 Å². The standard InChI is InChI=1S/C46H42F2N4/c1-27-9-10-34(8)42(24-27)52-44-26-36(48)12-14-41(44)50(38-20-30(4)16-31(5)21-38)46(52)45-49(37-18-28(2)15-29(3)19-37)40-13-11-35(47)25-43(40)51(45)39-22-32(6)17-33(7)23-39/h9-26H,1-8H3/b46-45+. The minimum atomic E-state index is -0.325. The number of halogens is 2. The van der Waals surface area contributed by atoms with Gasteiger partial charge in [0.05, 0.1) is 28.4 Å². The number of aryl methyl sites for hydroxylation is 8. The third-order valence-electron chi connectivity index (χ3n) is 9.89. The maximum absolute atomic E-state index is 15.6. The van der Waals surface area contributed by atoms with Gasteiger partial charge in [-0.25, -0.2) is 8.78 Å². The molecule has 0 amide bonds. The predicted octanol–water partition coefficient (Wildman–Crippen LogP) is 12.8. The summed E-state index contributed by atoms with van der Waals surface area (Å²) < 4.78 is 31.2. The number of rotatable bonds is 4. The summed E-state index contributed by atoms with van der Waals surface area (Å²) in [5.74, 6) is 0.949. The summed E-state index contributed by atoms with van der Waals surface area (Å²) in [5.41, 5.74) is 15.6. The first-order valence-corrected chi connectivity index (χ1v) is 17.7. The molecule has 0 fully saturated rings. The molecule has 0 radical (unpaired) electrons. The lowest BCUT2D eigenvalue weighted by Crippen LogP contribution is -2.34. The van der Waals surface area contributed by atoms with Crippen LogP contribution in [0.2, 0.25) is 0 Å². The van der Waals surface area contributed by atoms with Crippen molar-refractivity contribution in [3.8, 4) is 0 Å². The van der Waals surface area contributed by atoms with E-state index in [2.05, 4.69) is 148 Å². The van der Waals surface area contributed by atoms with E-state index in [4.69, 9.17) is 0 Å². The average molecular weight is 689 g/mol. The van der Waals surface area contributed by atoms with Crippen LogP contribution in [0.1, 0.15) is 44.5 Å². The molecule has 0 N–H and O–H groups in total. The van der Waals surface area contributed by atoms with E-state index < -0.39 is 0 Å². The molecule has 4 nitrogen and oxygen atoms in total. The molecule has 2 aliphatic rings. The molecule has 0 bridgehead atoms. The van der Waals surface area contributed by atoms with Gasteiger partial charge in [-0.2, -0.15) is 0 Å². The summed E-state index contributed by atoms with van der Waals surface area (Å²) in [4.78, 5) is 8.87. The van der Waals surface area contributed by atoms with Crippen LogP contribution in [0.15, 0.2) is 121 Å². The Labute approximate surface area is 305 Å². The fourth-order valence-electron chi connectivity index (χ4n) is 8.01. The van der Waals surface area contributed by atoms with E-state index in [1.165, 1.54) is 12.1 Å². The number of hydrogen-bond donors (Lipinski definition) is 0. The number of hydrogen-bond acceptors (Lipinski definition) is 4. The van der Waals surface area contributed by atoms with Crippen LogP contribution in [0.4, 0.5) is 54.3 Å². The third-order valence-corrected chi connectivity index (χ3v) is 9.89. The van der Waals surface area contributed by atoms with Gasteiger partial charge in [-0.15, -0.1) is 0 Å². The van der Waals surface area contributed by atoms with E-state index in [9.17, 15) is 0 Å². The second-order valence-electron chi connectivity index (χ2n) is 14.6. The number of fused-ring (bicyclic) bond motifs is 2. The van der Waals surface area contributed by atoms with Crippen molar-refractivity contribution in [1.82, 2.24) is 0 Å². The zero-order valence-electron chi connectivity index (χ0n) is 30.9. The summed E-state index contributed by atoms with van der Waals surface area (Å²) in [6, 6.07) is 36.0. The molecule has 6 aromatic carbocycles. The average Bonchev–Trinajstić information content (AvgIpc) is 3.56. The molecular weight excluding hydrogens is 647 g/mol. The lowest BCUT2D eigenvalue weighted by atomic mass is 10.1. The maximum Gasteiger partial charge on any atom is 0.166 e. The lowest BCUT2D eigenvalue weighted by molar-refractivity contribution is 0.628. The van der Waals surface area contributed by atoms with Crippen LogP contribution in [-0.4, -0.2) is 0 Å². The van der Waals surface area contributed by atoms with Crippen LogP contribution >= 0.6 is 0 Å². The van der Waals surface area contributed by atoms with Gasteiger partial charge in [-0.3, -0.25) is 19.6 Å². The minimum absolute atomic E-state index is 0.324. The molecule has 2 heterocycles. The van der Waals surface area contributed by atoms with Gasteiger partial charge in [0.1, 0.15) is 11.6 Å². The van der Waals surface area contributed by atoms with E-state index in [0.29, 0.717) is 0 Å². The highest BCUT2D eigenvalue weighted by Gasteiger charge is 2.45. The summed E-state index contributed by atoms with van der Waals surface area (Å²) in [6.07, 6.45) is 0. The zero-order chi connectivity index (χ0) is 36.6. The molecule has 0 atom stereocenters. The monoisotopic (exact) mass is 688 g/mol. The van der Waals surface area contributed by atoms with Gasteiger partial charge in [0.25, 0.3) is 0 Å². The second-order valence-corrected chi connectivity index (χ2v) is 14.6. The molecular formula is C46H42F2N4. The molecule has 6 aromatic rings. The highest BCUT2D eigenvalue weighted by atomic mass is 19.1. The molecule has 0 spiro atoms. The van der Waals surface area contributed by atoms with Crippen LogP contribution in [0.3, 0.4) is 0 Å². The van der Waals surface area contributed by atoms with E-state index >= 15 is 8.78 Å². The van der Waals surface area contributed by atoms with E-state index in [1.54, 1.807) is 12.1 Å². The fraction of sp³-hybridized carbons (Fsp3) is 0.174. The SMILES string of the molecule is Cc1cc(C)cc(N2/C(=C3/N(c4cc(C)cc(C)c4)c4ccc(F)cc4N3c3cc(C)ccc3C)N(c3cc(C)cc(C)c3)c3cc(F)ccc32)c1. The Bertz CT molecular complexity index is 2400. The van der Waals surface area contributed by atoms with Gasteiger partial charge in [-0.05, 0) is 167 Å². The highest BCUT2D eigenvalue weighted by molar-refractivity contribution is 6.00. The van der Waals surface area contributed by atoms with Crippen molar-refractivity contribution in [3.63, 3.8) is 0 Å². The van der Waals surface area contributed by atoms with Crippen LogP contribution in [0.5, 0.6) is 0 Å². The fourth-order valence-corrected chi connectivity index (χ4v) is 8.01. The first-order chi connectivity index (χ1) is 24.9. The summed E-state index contributed by atoms with van der Waals surface area (Å²) in [6.45, 7) is 16.8. The molecule has 2 aliphatic heterocycles. The Balaban J connectivity index is 1.60. The molecule has 0 saturated carbocycles. The number of nitrogens with zero attached hydrogens (tertiary/aromatic N) is 4. The van der Waals surface area contributed by atoms with Crippen LogP contribution in [0, 0.1) is 67.0 Å². The van der Waals surface area contributed by atoms with Crippen LogP contribution < -0.4 is 19.6 Å². The Morgan fingerprint density at radius 2 is 0.673 bits per heavy atom. The quantitative estimate of drug-likeness (QED) is 0.183.